The number of rotatable bonds is 6. The summed E-state index contributed by atoms with van der Waals surface area (Å²) in [5, 5.41) is 7.96. The molecule has 0 aliphatic carbocycles. The molecule has 0 fully saturated rings. The van der Waals surface area contributed by atoms with Crippen LogP contribution in [-0.4, -0.2) is 23.6 Å². The highest BCUT2D eigenvalue weighted by atomic mass is 32.1. The second-order valence-corrected chi connectivity index (χ2v) is 6.53. The number of alkyl halides is 3. The number of hydrogen-bond acceptors (Lipinski definition) is 6. The molecule has 0 bridgehead atoms. The van der Waals surface area contributed by atoms with Crippen molar-refractivity contribution in [2.75, 3.05) is 6.54 Å². The van der Waals surface area contributed by atoms with Crippen molar-refractivity contribution in [1.82, 2.24) is 10.5 Å². The lowest BCUT2D eigenvalue weighted by Gasteiger charge is -2.08. The van der Waals surface area contributed by atoms with E-state index >= 15 is 0 Å². The van der Waals surface area contributed by atoms with Gasteiger partial charge in [0.25, 0.3) is 5.91 Å². The predicted octanol–water partition coefficient (Wildman–Crippen LogP) is 3.90. The summed E-state index contributed by atoms with van der Waals surface area (Å²) in [5.74, 6) is -0.857. The quantitative estimate of drug-likeness (QED) is 0.624. The molecule has 0 atom stereocenters. The minimum absolute atomic E-state index is 0.00195. The van der Waals surface area contributed by atoms with Crippen LogP contribution in [0.4, 0.5) is 13.2 Å². The molecule has 1 amide bonds. The van der Waals surface area contributed by atoms with Crippen LogP contribution >= 0.6 is 11.3 Å². The van der Waals surface area contributed by atoms with E-state index in [1.165, 1.54) is 11.3 Å². The Kier molecular flexibility index (Phi) is 5.78. The number of nitrogens with one attached hydrogen (secondary N) is 1. The molecule has 3 rings (SSSR count). The number of thiophene rings is 1. The summed E-state index contributed by atoms with van der Waals surface area (Å²) in [5.41, 5.74) is -0.457. The Morgan fingerprint density at radius 1 is 1.18 bits per heavy atom. The minimum Gasteiger partial charge on any atom is -0.458 e. The van der Waals surface area contributed by atoms with Crippen molar-refractivity contribution >= 4 is 23.2 Å². The first-order chi connectivity index (χ1) is 13.3. The van der Waals surface area contributed by atoms with Crippen molar-refractivity contribution in [2.24, 2.45) is 0 Å². The van der Waals surface area contributed by atoms with Gasteiger partial charge >= 0.3 is 12.1 Å². The Hall–Kier alpha value is -3.14. The maximum atomic E-state index is 12.5. The van der Waals surface area contributed by atoms with Crippen LogP contribution in [0.3, 0.4) is 0 Å². The first-order valence-electron chi connectivity index (χ1n) is 7.93. The molecule has 10 heteroatoms. The van der Waals surface area contributed by atoms with Crippen LogP contribution in [0.25, 0.3) is 10.6 Å². The minimum atomic E-state index is -4.48. The molecule has 0 spiro atoms. The number of amides is 1. The van der Waals surface area contributed by atoms with Gasteiger partial charge in [-0.1, -0.05) is 11.2 Å². The normalized spacial score (nSPS) is 11.2. The summed E-state index contributed by atoms with van der Waals surface area (Å²) in [7, 11) is 0. The van der Waals surface area contributed by atoms with Crippen LogP contribution in [0, 0.1) is 0 Å². The van der Waals surface area contributed by atoms with Gasteiger partial charge in [0.05, 0.1) is 10.4 Å². The Bertz CT molecular complexity index is 950. The summed E-state index contributed by atoms with van der Waals surface area (Å²) in [6.45, 7) is -0.570. The molecule has 1 aromatic carbocycles. The van der Waals surface area contributed by atoms with E-state index in [0.29, 0.717) is 11.5 Å². The highest BCUT2D eigenvalue weighted by molar-refractivity contribution is 7.13. The zero-order chi connectivity index (χ0) is 20.1. The van der Waals surface area contributed by atoms with Crippen LogP contribution in [0.2, 0.25) is 0 Å². The van der Waals surface area contributed by atoms with Crippen molar-refractivity contribution in [1.29, 1.82) is 0 Å². The highest BCUT2D eigenvalue weighted by Gasteiger charge is 2.30. The van der Waals surface area contributed by atoms with E-state index in [2.05, 4.69) is 10.5 Å². The lowest BCUT2D eigenvalue weighted by molar-refractivity contribution is -0.143. The van der Waals surface area contributed by atoms with Crippen LogP contribution in [0.5, 0.6) is 0 Å². The molecule has 0 unspecified atom stereocenters. The Morgan fingerprint density at radius 2 is 1.93 bits per heavy atom. The fourth-order valence-electron chi connectivity index (χ4n) is 2.19. The number of carbonyl (C=O) groups is 2. The molecule has 1 N–H and O–H groups in total. The average Bonchev–Trinajstić information content (AvgIpc) is 3.35. The molecule has 0 saturated heterocycles. The fourth-order valence-corrected chi connectivity index (χ4v) is 2.86. The van der Waals surface area contributed by atoms with Crippen molar-refractivity contribution in [2.45, 2.75) is 12.8 Å². The van der Waals surface area contributed by atoms with Crippen molar-refractivity contribution < 1.29 is 32.0 Å². The summed E-state index contributed by atoms with van der Waals surface area (Å²) < 4.78 is 47.7. The third-order valence-electron chi connectivity index (χ3n) is 3.57. The Morgan fingerprint density at radius 3 is 2.57 bits per heavy atom. The van der Waals surface area contributed by atoms with Crippen molar-refractivity contribution in [3.63, 3.8) is 0 Å². The topological polar surface area (TPSA) is 81.4 Å². The Balaban J connectivity index is 1.46. The first kappa shape index (κ1) is 19.6. The Labute approximate surface area is 160 Å². The van der Waals surface area contributed by atoms with Gasteiger partial charge in [-0.2, -0.15) is 13.2 Å². The van der Waals surface area contributed by atoms with Crippen molar-refractivity contribution in [3.8, 4) is 10.6 Å². The molecule has 0 saturated carbocycles. The molecule has 2 aromatic heterocycles. The van der Waals surface area contributed by atoms with E-state index in [-0.39, 0.29) is 12.2 Å². The number of esters is 1. The van der Waals surface area contributed by atoms with Gasteiger partial charge in [0.1, 0.15) is 18.8 Å². The van der Waals surface area contributed by atoms with E-state index in [4.69, 9.17) is 9.26 Å². The SMILES string of the molecule is O=C(CNC(=O)c1ccc(C(F)(F)F)cc1)OCc1cc(-c2cccs2)on1. The van der Waals surface area contributed by atoms with Crippen LogP contribution < -0.4 is 5.32 Å². The molecule has 0 aliphatic heterocycles. The largest absolute Gasteiger partial charge is 0.458 e. The molecule has 2 heterocycles. The lowest BCUT2D eigenvalue weighted by Crippen LogP contribution is -2.30. The van der Waals surface area contributed by atoms with E-state index in [1.807, 2.05) is 17.5 Å². The third-order valence-corrected chi connectivity index (χ3v) is 4.46. The smallest absolute Gasteiger partial charge is 0.416 e. The molecular weight excluding hydrogens is 397 g/mol. The summed E-state index contributed by atoms with van der Waals surface area (Å²) in [4.78, 5) is 24.5. The van der Waals surface area contributed by atoms with Gasteiger partial charge in [-0.25, -0.2) is 0 Å². The van der Waals surface area contributed by atoms with Gasteiger partial charge in [-0.15, -0.1) is 11.3 Å². The van der Waals surface area contributed by atoms with E-state index in [9.17, 15) is 22.8 Å². The molecule has 3 aromatic rings. The van der Waals surface area contributed by atoms with E-state index < -0.39 is 30.2 Å². The monoisotopic (exact) mass is 410 g/mol. The van der Waals surface area contributed by atoms with Crippen LogP contribution in [0.1, 0.15) is 21.6 Å². The van der Waals surface area contributed by atoms with E-state index in [1.54, 1.807) is 6.07 Å². The molecule has 0 aliphatic rings. The maximum Gasteiger partial charge on any atom is 0.416 e. The summed E-state index contributed by atoms with van der Waals surface area (Å²) in [6.07, 6.45) is -4.48. The van der Waals surface area contributed by atoms with Gasteiger partial charge < -0.3 is 14.6 Å². The second-order valence-electron chi connectivity index (χ2n) is 5.58. The zero-order valence-electron chi connectivity index (χ0n) is 14.2. The highest BCUT2D eigenvalue weighted by Crippen LogP contribution is 2.29. The maximum absolute atomic E-state index is 12.5. The average molecular weight is 410 g/mol. The van der Waals surface area contributed by atoms with Crippen LogP contribution in [0.15, 0.2) is 52.4 Å². The number of halogens is 3. The second kappa shape index (κ2) is 8.26. The summed E-state index contributed by atoms with van der Waals surface area (Å²) in [6, 6.07) is 9.02. The molecule has 6 nitrogen and oxygen atoms in total. The van der Waals surface area contributed by atoms with Gasteiger partial charge in [-0.05, 0) is 35.7 Å². The third kappa shape index (κ3) is 4.97. The first-order valence-corrected chi connectivity index (χ1v) is 8.81. The van der Waals surface area contributed by atoms with Gasteiger partial charge in [0, 0.05) is 11.6 Å². The van der Waals surface area contributed by atoms with Crippen molar-refractivity contribution in [3.05, 3.63) is 64.7 Å². The number of ether oxygens (including phenoxy) is 1. The fraction of sp³-hybridized carbons (Fsp3) is 0.167. The number of hydrogen-bond donors (Lipinski definition) is 1. The van der Waals surface area contributed by atoms with Crippen LogP contribution in [-0.2, 0) is 22.3 Å². The number of benzene rings is 1. The standard InChI is InChI=1S/C18H13F3N2O4S/c19-18(20,21)12-5-3-11(4-6-12)17(25)22-9-16(24)26-10-13-8-14(27-23-13)15-2-1-7-28-15/h1-8H,9-10H2,(H,22,25). The lowest BCUT2D eigenvalue weighted by atomic mass is 10.1. The summed E-state index contributed by atoms with van der Waals surface area (Å²) >= 11 is 1.47. The molecule has 0 radical (unpaired) electrons. The number of nitrogens with zero attached hydrogens (tertiary/aromatic N) is 1. The molecular formula is C18H13F3N2O4S. The number of carbonyl (C=O) groups excluding carboxylic acids is 2. The van der Waals surface area contributed by atoms with Gasteiger partial charge in [-0.3, -0.25) is 9.59 Å². The number of aromatic nitrogens is 1. The van der Waals surface area contributed by atoms with Gasteiger partial charge in [0.2, 0.25) is 0 Å². The zero-order valence-corrected chi connectivity index (χ0v) is 15.0. The van der Waals surface area contributed by atoms with E-state index in [0.717, 1.165) is 29.1 Å². The van der Waals surface area contributed by atoms with Gasteiger partial charge in [0.15, 0.2) is 5.76 Å². The molecule has 146 valence electrons. The molecule has 28 heavy (non-hydrogen) atoms. The predicted molar refractivity (Wildman–Crippen MR) is 93.4 cm³/mol.